The van der Waals surface area contributed by atoms with Gasteiger partial charge >= 0.3 is 5.97 Å². The van der Waals surface area contributed by atoms with Gasteiger partial charge in [0.25, 0.3) is 5.91 Å². The molecule has 0 aromatic carbocycles. The Labute approximate surface area is 230 Å². The molecule has 0 aliphatic carbocycles. The minimum Gasteiger partial charge on any atom is -0.466 e. The molecule has 2 aliphatic rings. The molecule has 1 amide bonds. The zero-order chi connectivity index (χ0) is 27.3. The SMILES string of the molecule is CCOC(=O)[C@@H]1CCCN(C(=O)c2ccc(CSc3nc(N4CCN(CC)CC4)cc(C(C)(C)C)n3)o2)C1. The Hall–Kier alpha value is -2.59. The van der Waals surface area contributed by atoms with Crippen LogP contribution in [-0.2, 0) is 20.7 Å². The number of hydrogen-bond acceptors (Lipinski definition) is 9. The number of furan rings is 1. The zero-order valence-corrected chi connectivity index (χ0v) is 24.2. The van der Waals surface area contributed by atoms with Crippen LogP contribution in [0.5, 0.6) is 0 Å². The van der Waals surface area contributed by atoms with Crippen LogP contribution >= 0.6 is 11.8 Å². The van der Waals surface area contributed by atoms with Crippen molar-refractivity contribution in [2.45, 2.75) is 63.8 Å². The molecule has 4 heterocycles. The Balaban J connectivity index is 1.41. The van der Waals surface area contributed by atoms with E-state index >= 15 is 0 Å². The third-order valence-corrected chi connectivity index (χ3v) is 8.02. The number of piperidine rings is 1. The molecule has 208 valence electrons. The highest BCUT2D eigenvalue weighted by molar-refractivity contribution is 7.98. The summed E-state index contributed by atoms with van der Waals surface area (Å²) in [5, 5.41) is 0.711. The summed E-state index contributed by atoms with van der Waals surface area (Å²) in [6, 6.07) is 5.68. The van der Waals surface area contributed by atoms with E-state index in [1.54, 1.807) is 17.9 Å². The maximum atomic E-state index is 13.1. The Kier molecular flexibility index (Phi) is 9.36. The molecule has 38 heavy (non-hydrogen) atoms. The molecule has 0 bridgehead atoms. The van der Waals surface area contributed by atoms with Crippen LogP contribution in [0.25, 0.3) is 0 Å². The number of rotatable bonds is 8. The van der Waals surface area contributed by atoms with E-state index in [2.05, 4.69) is 43.6 Å². The summed E-state index contributed by atoms with van der Waals surface area (Å²) in [6.07, 6.45) is 1.52. The summed E-state index contributed by atoms with van der Waals surface area (Å²) >= 11 is 1.52. The molecule has 0 saturated carbocycles. The third kappa shape index (κ3) is 7.08. The fraction of sp³-hybridized carbons (Fsp3) is 0.643. The summed E-state index contributed by atoms with van der Waals surface area (Å²) in [7, 11) is 0. The number of nitrogens with zero attached hydrogens (tertiary/aromatic N) is 5. The Morgan fingerprint density at radius 2 is 1.87 bits per heavy atom. The van der Waals surface area contributed by atoms with Gasteiger partial charge in [-0.2, -0.15) is 0 Å². The van der Waals surface area contributed by atoms with Crippen LogP contribution in [0, 0.1) is 5.92 Å². The fourth-order valence-corrected chi connectivity index (χ4v) is 5.54. The van der Waals surface area contributed by atoms with E-state index in [0.717, 1.165) is 57.1 Å². The van der Waals surface area contributed by atoms with Crippen LogP contribution in [0.15, 0.2) is 27.8 Å². The van der Waals surface area contributed by atoms with Crippen LogP contribution in [0.1, 0.15) is 69.5 Å². The number of anilines is 1. The number of likely N-dealkylation sites (N-methyl/N-ethyl adjacent to an activating group) is 1. The Morgan fingerprint density at radius 1 is 1.11 bits per heavy atom. The number of esters is 1. The normalized spacial score (nSPS) is 19.0. The first-order valence-corrected chi connectivity index (χ1v) is 14.7. The fourth-order valence-electron chi connectivity index (χ4n) is 4.79. The van der Waals surface area contributed by atoms with Crippen molar-refractivity contribution in [1.82, 2.24) is 19.8 Å². The van der Waals surface area contributed by atoms with Gasteiger partial charge in [-0.3, -0.25) is 9.59 Å². The van der Waals surface area contributed by atoms with Gasteiger partial charge in [0, 0.05) is 50.7 Å². The Bertz CT molecular complexity index is 1110. The molecular formula is C28H41N5O4S. The minimum atomic E-state index is -0.274. The quantitative estimate of drug-likeness (QED) is 0.276. The molecule has 10 heteroatoms. The van der Waals surface area contributed by atoms with Gasteiger partial charge in [-0.15, -0.1) is 0 Å². The van der Waals surface area contributed by atoms with Gasteiger partial charge < -0.3 is 23.9 Å². The lowest BCUT2D eigenvalue weighted by atomic mass is 9.92. The van der Waals surface area contributed by atoms with E-state index < -0.39 is 0 Å². The number of likely N-dealkylation sites (tertiary alicyclic amines) is 1. The number of carbonyl (C=O) groups is 2. The number of thioether (sulfide) groups is 1. The molecule has 0 spiro atoms. The lowest BCUT2D eigenvalue weighted by Gasteiger charge is -2.35. The second-order valence-corrected chi connectivity index (χ2v) is 11.9. The minimum absolute atomic E-state index is 0.0988. The average molecular weight is 544 g/mol. The third-order valence-electron chi connectivity index (χ3n) is 7.15. The van der Waals surface area contributed by atoms with Gasteiger partial charge in [0.05, 0.1) is 24.0 Å². The molecule has 1 atom stereocenters. The van der Waals surface area contributed by atoms with Crippen molar-refractivity contribution in [2.24, 2.45) is 5.92 Å². The summed E-state index contributed by atoms with van der Waals surface area (Å²) in [4.78, 5) is 41.5. The largest absolute Gasteiger partial charge is 0.466 e. The summed E-state index contributed by atoms with van der Waals surface area (Å²) in [5.74, 6) is 1.79. The van der Waals surface area contributed by atoms with Crippen molar-refractivity contribution < 1.29 is 18.7 Å². The molecule has 0 N–H and O–H groups in total. The van der Waals surface area contributed by atoms with Gasteiger partial charge in [0.15, 0.2) is 10.9 Å². The van der Waals surface area contributed by atoms with Crippen molar-refractivity contribution in [2.75, 3.05) is 57.3 Å². The topological polar surface area (TPSA) is 92.0 Å². The molecule has 0 radical (unpaired) electrons. The van der Waals surface area contributed by atoms with E-state index in [0.29, 0.717) is 42.1 Å². The highest BCUT2D eigenvalue weighted by Gasteiger charge is 2.31. The maximum absolute atomic E-state index is 13.1. The van der Waals surface area contributed by atoms with Crippen LogP contribution in [-0.4, -0.2) is 84.1 Å². The first kappa shape index (κ1) is 28.4. The van der Waals surface area contributed by atoms with Crippen LogP contribution < -0.4 is 4.90 Å². The van der Waals surface area contributed by atoms with Crippen molar-refractivity contribution in [3.05, 3.63) is 35.4 Å². The van der Waals surface area contributed by atoms with Crippen molar-refractivity contribution in [3.8, 4) is 0 Å². The van der Waals surface area contributed by atoms with Crippen molar-refractivity contribution in [1.29, 1.82) is 0 Å². The molecule has 9 nitrogen and oxygen atoms in total. The van der Waals surface area contributed by atoms with E-state index in [4.69, 9.17) is 19.1 Å². The molecule has 4 rings (SSSR count). The summed E-state index contributed by atoms with van der Waals surface area (Å²) in [6.45, 7) is 16.9. The van der Waals surface area contributed by atoms with Crippen LogP contribution in [0.3, 0.4) is 0 Å². The number of carbonyl (C=O) groups excluding carboxylic acids is 2. The van der Waals surface area contributed by atoms with Gasteiger partial charge in [0.1, 0.15) is 11.6 Å². The number of amides is 1. The average Bonchev–Trinajstić information content (AvgIpc) is 3.40. The number of hydrogen-bond donors (Lipinski definition) is 0. The zero-order valence-electron chi connectivity index (χ0n) is 23.4. The van der Waals surface area contributed by atoms with Crippen LogP contribution in [0.4, 0.5) is 5.82 Å². The lowest BCUT2D eigenvalue weighted by molar-refractivity contribution is -0.149. The van der Waals surface area contributed by atoms with Gasteiger partial charge in [-0.25, -0.2) is 9.97 Å². The van der Waals surface area contributed by atoms with Gasteiger partial charge in [-0.1, -0.05) is 39.5 Å². The first-order chi connectivity index (χ1) is 18.2. The highest BCUT2D eigenvalue weighted by atomic mass is 32.2. The van der Waals surface area contributed by atoms with E-state index in [1.165, 1.54) is 11.8 Å². The summed E-state index contributed by atoms with van der Waals surface area (Å²) < 4.78 is 11.1. The molecule has 2 saturated heterocycles. The highest BCUT2D eigenvalue weighted by Crippen LogP contribution is 2.29. The number of piperazine rings is 1. The van der Waals surface area contributed by atoms with Crippen molar-refractivity contribution >= 4 is 29.5 Å². The molecule has 2 aliphatic heterocycles. The number of ether oxygens (including phenoxy) is 1. The van der Waals surface area contributed by atoms with E-state index in [9.17, 15) is 9.59 Å². The lowest BCUT2D eigenvalue weighted by Crippen LogP contribution is -2.46. The maximum Gasteiger partial charge on any atom is 0.310 e. The summed E-state index contributed by atoms with van der Waals surface area (Å²) in [5.41, 5.74) is 0.915. The Morgan fingerprint density at radius 3 is 2.55 bits per heavy atom. The van der Waals surface area contributed by atoms with Gasteiger partial charge in [-0.05, 0) is 38.4 Å². The second kappa shape index (κ2) is 12.5. The molecule has 2 aromatic rings. The smallest absolute Gasteiger partial charge is 0.310 e. The molecule has 2 aromatic heterocycles. The molecule has 0 unspecified atom stereocenters. The standard InChI is InChI=1S/C28H41N5O4S/c1-6-31-13-15-32(16-14-31)24-17-23(28(3,4)5)29-27(30-24)38-19-21-10-11-22(37-21)25(34)33-12-8-9-20(18-33)26(35)36-7-2/h10-11,17,20H,6-9,12-16,18-19H2,1-5H3/t20-/m1/s1. The van der Waals surface area contributed by atoms with E-state index in [1.807, 2.05) is 6.07 Å². The molecular weight excluding hydrogens is 502 g/mol. The van der Waals surface area contributed by atoms with Crippen molar-refractivity contribution in [3.63, 3.8) is 0 Å². The molecule has 2 fully saturated rings. The second-order valence-electron chi connectivity index (χ2n) is 11.0. The predicted octanol–water partition coefficient (Wildman–Crippen LogP) is 4.22. The first-order valence-electron chi connectivity index (χ1n) is 13.7. The number of aromatic nitrogens is 2. The van der Waals surface area contributed by atoms with E-state index in [-0.39, 0.29) is 23.2 Å². The monoisotopic (exact) mass is 543 g/mol. The predicted molar refractivity (Wildman–Crippen MR) is 149 cm³/mol. The van der Waals surface area contributed by atoms with Gasteiger partial charge in [0.2, 0.25) is 0 Å². The van der Waals surface area contributed by atoms with Crippen LogP contribution in [0.2, 0.25) is 0 Å².